The van der Waals surface area contributed by atoms with E-state index >= 15 is 0 Å². The van der Waals surface area contributed by atoms with Gasteiger partial charge in [-0.15, -0.1) is 11.3 Å². The molecule has 23 heavy (non-hydrogen) atoms. The number of benzene rings is 2. The molecule has 4 aromatic rings. The van der Waals surface area contributed by atoms with Crippen molar-refractivity contribution >= 4 is 32.4 Å². The van der Waals surface area contributed by atoms with Gasteiger partial charge in [-0.3, -0.25) is 0 Å². The molecule has 2 aromatic heterocycles. The molecule has 114 valence electrons. The minimum atomic E-state index is -0.257. The molecule has 0 atom stereocenters. The molecule has 0 fully saturated rings. The molecule has 0 saturated heterocycles. The second-order valence-electron chi connectivity index (χ2n) is 5.93. The first-order chi connectivity index (χ1) is 11.1. The van der Waals surface area contributed by atoms with Crippen LogP contribution in [0.2, 0.25) is 0 Å². The van der Waals surface area contributed by atoms with Gasteiger partial charge >= 0.3 is 5.63 Å². The van der Waals surface area contributed by atoms with Crippen molar-refractivity contribution in [2.75, 3.05) is 0 Å². The highest BCUT2D eigenvalue weighted by Crippen LogP contribution is 2.38. The van der Waals surface area contributed by atoms with Crippen LogP contribution in [-0.4, -0.2) is 0 Å². The molecular weight excluding hydrogens is 304 g/mol. The SMILES string of the molecule is Cc1c(-c2ccccc2)c2cc3c(C)csc3c(C)c2oc1=O. The second kappa shape index (κ2) is 5.07. The highest BCUT2D eigenvalue weighted by atomic mass is 32.1. The molecule has 0 spiro atoms. The fourth-order valence-electron chi connectivity index (χ4n) is 3.21. The smallest absolute Gasteiger partial charge is 0.339 e. The fraction of sp³-hybridized carbons (Fsp3) is 0.150. The lowest BCUT2D eigenvalue weighted by molar-refractivity contribution is 0.554. The summed E-state index contributed by atoms with van der Waals surface area (Å²) >= 11 is 1.71. The lowest BCUT2D eigenvalue weighted by Gasteiger charge is -2.11. The van der Waals surface area contributed by atoms with Crippen LogP contribution in [0.25, 0.3) is 32.2 Å². The molecule has 0 radical (unpaired) electrons. The summed E-state index contributed by atoms with van der Waals surface area (Å²) in [5.41, 5.74) is 5.45. The first-order valence-corrected chi connectivity index (χ1v) is 8.46. The maximum atomic E-state index is 12.4. The van der Waals surface area contributed by atoms with Gasteiger partial charge in [-0.2, -0.15) is 0 Å². The Balaban J connectivity index is 2.26. The molecule has 0 aliphatic heterocycles. The molecule has 0 aliphatic rings. The Hall–Kier alpha value is -2.39. The molecule has 3 heteroatoms. The number of hydrogen-bond acceptors (Lipinski definition) is 3. The Kier molecular flexibility index (Phi) is 3.13. The number of aryl methyl sites for hydroxylation is 2. The standard InChI is InChI=1S/C20H16O2S/c1-11-10-23-19-13(3)18-16(9-15(11)19)17(12(2)20(21)22-18)14-7-5-4-6-8-14/h4-10H,1-3H3. The van der Waals surface area contributed by atoms with Gasteiger partial charge in [-0.05, 0) is 48.7 Å². The van der Waals surface area contributed by atoms with Crippen LogP contribution in [0.1, 0.15) is 16.7 Å². The average molecular weight is 320 g/mol. The maximum absolute atomic E-state index is 12.4. The van der Waals surface area contributed by atoms with Crippen LogP contribution in [-0.2, 0) is 0 Å². The Bertz CT molecular complexity index is 1100. The topological polar surface area (TPSA) is 30.2 Å². The molecule has 0 aliphatic carbocycles. The molecule has 2 nitrogen and oxygen atoms in total. The molecular formula is C20H16O2S. The van der Waals surface area contributed by atoms with Crippen molar-refractivity contribution in [1.29, 1.82) is 0 Å². The second-order valence-corrected chi connectivity index (χ2v) is 6.81. The Labute approximate surface area is 138 Å². The van der Waals surface area contributed by atoms with Gasteiger partial charge in [-0.25, -0.2) is 4.79 Å². The zero-order valence-corrected chi connectivity index (χ0v) is 14.1. The van der Waals surface area contributed by atoms with E-state index in [-0.39, 0.29) is 5.63 Å². The van der Waals surface area contributed by atoms with Crippen LogP contribution in [0.3, 0.4) is 0 Å². The van der Waals surface area contributed by atoms with Gasteiger partial charge in [0, 0.05) is 26.8 Å². The van der Waals surface area contributed by atoms with Gasteiger partial charge < -0.3 is 4.42 Å². The van der Waals surface area contributed by atoms with Crippen molar-refractivity contribution in [2.45, 2.75) is 20.8 Å². The minimum Gasteiger partial charge on any atom is -0.422 e. The summed E-state index contributed by atoms with van der Waals surface area (Å²) in [5.74, 6) is 0. The van der Waals surface area contributed by atoms with Crippen LogP contribution in [0, 0.1) is 20.8 Å². The van der Waals surface area contributed by atoms with E-state index in [9.17, 15) is 4.79 Å². The van der Waals surface area contributed by atoms with Crippen molar-refractivity contribution in [3.63, 3.8) is 0 Å². The molecule has 0 amide bonds. The molecule has 0 bridgehead atoms. The van der Waals surface area contributed by atoms with E-state index in [2.05, 4.69) is 18.4 Å². The summed E-state index contributed by atoms with van der Waals surface area (Å²) in [5, 5.41) is 4.41. The van der Waals surface area contributed by atoms with Gasteiger partial charge in [-0.1, -0.05) is 30.3 Å². The average Bonchev–Trinajstić information content (AvgIpc) is 2.92. The third-order valence-corrected chi connectivity index (χ3v) is 5.68. The Morgan fingerprint density at radius 3 is 2.43 bits per heavy atom. The van der Waals surface area contributed by atoms with Crippen LogP contribution in [0.4, 0.5) is 0 Å². The van der Waals surface area contributed by atoms with E-state index in [0.717, 1.165) is 22.1 Å². The normalized spacial score (nSPS) is 11.4. The largest absolute Gasteiger partial charge is 0.422 e. The molecule has 0 N–H and O–H groups in total. The van der Waals surface area contributed by atoms with Crippen LogP contribution in [0.15, 0.2) is 51.0 Å². The van der Waals surface area contributed by atoms with Crippen molar-refractivity contribution in [1.82, 2.24) is 0 Å². The van der Waals surface area contributed by atoms with E-state index < -0.39 is 0 Å². The first-order valence-electron chi connectivity index (χ1n) is 7.58. The van der Waals surface area contributed by atoms with E-state index in [4.69, 9.17) is 4.42 Å². The van der Waals surface area contributed by atoms with Crippen molar-refractivity contribution in [3.8, 4) is 11.1 Å². The summed E-state index contributed by atoms with van der Waals surface area (Å²) in [6.45, 7) is 6.00. The van der Waals surface area contributed by atoms with E-state index in [1.165, 1.54) is 15.6 Å². The maximum Gasteiger partial charge on any atom is 0.339 e. The summed E-state index contributed by atoms with van der Waals surface area (Å²) in [7, 11) is 0. The van der Waals surface area contributed by atoms with Crippen LogP contribution >= 0.6 is 11.3 Å². The molecule has 2 heterocycles. The summed E-state index contributed by atoms with van der Waals surface area (Å²) in [4.78, 5) is 12.4. The van der Waals surface area contributed by atoms with Crippen molar-refractivity contribution < 1.29 is 4.42 Å². The third kappa shape index (κ3) is 2.04. The van der Waals surface area contributed by atoms with Gasteiger partial charge in [0.1, 0.15) is 5.58 Å². The number of fused-ring (bicyclic) bond motifs is 2. The van der Waals surface area contributed by atoms with Crippen LogP contribution in [0.5, 0.6) is 0 Å². The van der Waals surface area contributed by atoms with Crippen molar-refractivity contribution in [2.24, 2.45) is 0 Å². The third-order valence-electron chi connectivity index (χ3n) is 4.45. The zero-order chi connectivity index (χ0) is 16.1. The predicted molar refractivity (Wildman–Crippen MR) is 97.5 cm³/mol. The van der Waals surface area contributed by atoms with Crippen molar-refractivity contribution in [3.05, 3.63) is 68.9 Å². The monoisotopic (exact) mass is 320 g/mol. The highest BCUT2D eigenvalue weighted by molar-refractivity contribution is 7.17. The quantitative estimate of drug-likeness (QED) is 0.427. The minimum absolute atomic E-state index is 0.257. The summed E-state index contributed by atoms with van der Waals surface area (Å²) in [6.07, 6.45) is 0. The molecule has 0 unspecified atom stereocenters. The number of thiophene rings is 1. The molecule has 4 rings (SSSR count). The van der Waals surface area contributed by atoms with Gasteiger partial charge in [0.05, 0.1) is 0 Å². The molecule has 0 saturated carbocycles. The summed E-state index contributed by atoms with van der Waals surface area (Å²) < 4.78 is 6.85. The Morgan fingerprint density at radius 2 is 1.70 bits per heavy atom. The van der Waals surface area contributed by atoms with E-state index in [1.807, 2.05) is 44.2 Å². The zero-order valence-electron chi connectivity index (χ0n) is 13.3. The first kappa shape index (κ1) is 14.2. The van der Waals surface area contributed by atoms with Gasteiger partial charge in [0.2, 0.25) is 0 Å². The van der Waals surface area contributed by atoms with Gasteiger partial charge in [0.15, 0.2) is 0 Å². The lowest BCUT2D eigenvalue weighted by Crippen LogP contribution is -2.06. The van der Waals surface area contributed by atoms with Gasteiger partial charge in [0.25, 0.3) is 0 Å². The number of rotatable bonds is 1. The Morgan fingerprint density at radius 1 is 0.957 bits per heavy atom. The number of hydrogen-bond donors (Lipinski definition) is 0. The summed E-state index contributed by atoms with van der Waals surface area (Å²) in [6, 6.07) is 12.2. The highest BCUT2D eigenvalue weighted by Gasteiger charge is 2.17. The van der Waals surface area contributed by atoms with E-state index in [0.29, 0.717) is 11.1 Å². The lowest BCUT2D eigenvalue weighted by atomic mass is 9.95. The van der Waals surface area contributed by atoms with Crippen LogP contribution < -0.4 is 5.63 Å². The molecule has 2 aromatic carbocycles. The van der Waals surface area contributed by atoms with E-state index in [1.54, 1.807) is 11.3 Å². The fourth-order valence-corrected chi connectivity index (χ4v) is 4.24. The predicted octanol–water partition coefficient (Wildman–Crippen LogP) is 5.60.